The number of halogens is 2. The molecule has 1 saturated heterocycles. The van der Waals surface area contributed by atoms with Crippen molar-refractivity contribution < 1.29 is 9.13 Å². The summed E-state index contributed by atoms with van der Waals surface area (Å²) in [5, 5.41) is 16.5. The molecule has 0 atom stereocenters. The second kappa shape index (κ2) is 12.0. The summed E-state index contributed by atoms with van der Waals surface area (Å²) in [5.74, 6) is 0.618. The fourth-order valence-corrected chi connectivity index (χ4v) is 4.37. The molecule has 1 aliphatic rings. The topological polar surface area (TPSA) is 89.3 Å². The van der Waals surface area contributed by atoms with Gasteiger partial charge in [-0.05, 0) is 49.5 Å². The standard InChI is InChI=1S/C29H27ClFN7O/c1-37-13-15-38(16-14-37)22-11-9-21(10-12-22)34-29-33-18-24(30)28(36-29)35-26-7-4-8-27(23(26)17-32)39-19-20-5-2-3-6-25(20)31/h2-12,18H,13-16,19H2,1H3,(H2,33,34,35,36). The van der Waals surface area contributed by atoms with E-state index in [2.05, 4.69) is 55.7 Å². The van der Waals surface area contributed by atoms with Crippen molar-refractivity contribution in [2.24, 2.45) is 0 Å². The van der Waals surface area contributed by atoms with Crippen LogP contribution in [0.3, 0.4) is 0 Å². The molecule has 0 bridgehead atoms. The highest BCUT2D eigenvalue weighted by molar-refractivity contribution is 6.32. The summed E-state index contributed by atoms with van der Waals surface area (Å²) in [7, 11) is 2.14. The highest BCUT2D eigenvalue weighted by Gasteiger charge is 2.15. The SMILES string of the molecule is CN1CCN(c2ccc(Nc3ncc(Cl)c(Nc4cccc(OCc5ccccc5F)c4C#N)n3)cc2)CC1. The molecule has 0 unspecified atom stereocenters. The first-order chi connectivity index (χ1) is 19.0. The molecule has 1 aliphatic heterocycles. The first-order valence-electron chi connectivity index (χ1n) is 12.5. The van der Waals surface area contributed by atoms with Crippen LogP contribution in [0.5, 0.6) is 5.75 Å². The lowest BCUT2D eigenvalue weighted by molar-refractivity contribution is 0.299. The van der Waals surface area contributed by atoms with E-state index in [-0.39, 0.29) is 23.0 Å². The molecule has 198 valence electrons. The highest BCUT2D eigenvalue weighted by Crippen LogP contribution is 2.31. The average molecular weight is 544 g/mol. The second-order valence-corrected chi connectivity index (χ2v) is 9.56. The van der Waals surface area contributed by atoms with Crippen LogP contribution in [0.15, 0.2) is 72.9 Å². The van der Waals surface area contributed by atoms with Gasteiger partial charge in [0, 0.05) is 43.1 Å². The zero-order chi connectivity index (χ0) is 27.2. The molecule has 10 heteroatoms. The third-order valence-corrected chi connectivity index (χ3v) is 6.74. The minimum absolute atomic E-state index is 0.0132. The van der Waals surface area contributed by atoms with Crippen molar-refractivity contribution >= 4 is 40.4 Å². The number of likely N-dealkylation sites (N-methyl/N-ethyl adjacent to an activating group) is 1. The van der Waals surface area contributed by atoms with Gasteiger partial charge in [-0.15, -0.1) is 0 Å². The van der Waals surface area contributed by atoms with Crippen molar-refractivity contribution in [3.05, 3.63) is 94.9 Å². The normalized spacial score (nSPS) is 13.5. The van der Waals surface area contributed by atoms with E-state index in [4.69, 9.17) is 16.3 Å². The average Bonchev–Trinajstić information content (AvgIpc) is 2.95. The van der Waals surface area contributed by atoms with Crippen LogP contribution in [0.4, 0.5) is 33.2 Å². The van der Waals surface area contributed by atoms with Crippen LogP contribution >= 0.6 is 11.6 Å². The molecule has 2 heterocycles. The molecule has 0 amide bonds. The van der Waals surface area contributed by atoms with Crippen molar-refractivity contribution in [3.63, 3.8) is 0 Å². The maximum absolute atomic E-state index is 14.0. The lowest BCUT2D eigenvalue weighted by atomic mass is 10.1. The van der Waals surface area contributed by atoms with Gasteiger partial charge in [-0.2, -0.15) is 10.2 Å². The van der Waals surface area contributed by atoms with E-state index in [9.17, 15) is 9.65 Å². The number of hydrogen-bond donors (Lipinski definition) is 2. The van der Waals surface area contributed by atoms with Gasteiger partial charge in [0.05, 0.1) is 11.9 Å². The van der Waals surface area contributed by atoms with E-state index >= 15 is 0 Å². The predicted octanol–water partition coefficient (Wildman–Crippen LogP) is 5.96. The molecule has 4 aromatic rings. The Bertz CT molecular complexity index is 1480. The summed E-state index contributed by atoms with van der Waals surface area (Å²) >= 11 is 6.38. The van der Waals surface area contributed by atoms with Crippen LogP contribution < -0.4 is 20.3 Å². The lowest BCUT2D eigenvalue weighted by Crippen LogP contribution is -2.44. The predicted molar refractivity (Wildman–Crippen MR) is 152 cm³/mol. The van der Waals surface area contributed by atoms with E-state index in [1.54, 1.807) is 36.4 Å². The number of anilines is 5. The van der Waals surface area contributed by atoms with Crippen LogP contribution in [-0.4, -0.2) is 48.1 Å². The van der Waals surface area contributed by atoms with Crippen molar-refractivity contribution in [3.8, 4) is 11.8 Å². The largest absolute Gasteiger partial charge is 0.487 e. The van der Waals surface area contributed by atoms with Crippen LogP contribution in [0.25, 0.3) is 0 Å². The number of hydrogen-bond acceptors (Lipinski definition) is 8. The first-order valence-corrected chi connectivity index (χ1v) is 12.9. The monoisotopic (exact) mass is 543 g/mol. The van der Waals surface area contributed by atoms with Gasteiger partial charge in [0.1, 0.15) is 34.8 Å². The van der Waals surface area contributed by atoms with Gasteiger partial charge in [-0.3, -0.25) is 0 Å². The first kappa shape index (κ1) is 26.2. The molecular weight excluding hydrogens is 517 g/mol. The fraction of sp³-hybridized carbons (Fsp3) is 0.207. The number of nitrogens with zero attached hydrogens (tertiary/aromatic N) is 5. The molecule has 3 aromatic carbocycles. The molecule has 1 fully saturated rings. The zero-order valence-corrected chi connectivity index (χ0v) is 22.1. The number of nitriles is 1. The Labute approximate surface area is 231 Å². The number of ether oxygens (including phenoxy) is 1. The quantitative estimate of drug-likeness (QED) is 0.281. The number of nitrogens with one attached hydrogen (secondary N) is 2. The van der Waals surface area contributed by atoms with Gasteiger partial charge < -0.3 is 25.2 Å². The molecule has 0 radical (unpaired) electrons. The second-order valence-electron chi connectivity index (χ2n) is 9.15. The van der Waals surface area contributed by atoms with Crippen molar-refractivity contribution in [2.75, 3.05) is 48.8 Å². The smallest absolute Gasteiger partial charge is 0.229 e. The van der Waals surface area contributed by atoms with Gasteiger partial charge >= 0.3 is 0 Å². The van der Waals surface area contributed by atoms with Gasteiger partial charge in [0.15, 0.2) is 5.82 Å². The minimum atomic E-state index is -0.368. The van der Waals surface area contributed by atoms with Crippen molar-refractivity contribution in [1.82, 2.24) is 14.9 Å². The summed E-state index contributed by atoms with van der Waals surface area (Å²) in [5.41, 5.74) is 3.10. The summed E-state index contributed by atoms with van der Waals surface area (Å²) in [6, 6.07) is 21.7. The maximum Gasteiger partial charge on any atom is 0.229 e. The molecule has 2 N–H and O–H groups in total. The number of piperazine rings is 1. The maximum atomic E-state index is 14.0. The summed E-state index contributed by atoms with van der Waals surface area (Å²) in [6.07, 6.45) is 1.49. The molecule has 8 nitrogen and oxygen atoms in total. The van der Waals surface area contributed by atoms with E-state index in [1.165, 1.54) is 18.0 Å². The molecule has 0 saturated carbocycles. The minimum Gasteiger partial charge on any atom is -0.487 e. The highest BCUT2D eigenvalue weighted by atomic mass is 35.5. The molecule has 0 aliphatic carbocycles. The van der Waals surface area contributed by atoms with E-state index in [0.29, 0.717) is 28.8 Å². The molecular formula is C29H27ClFN7O. The molecule has 1 aromatic heterocycles. The summed E-state index contributed by atoms with van der Waals surface area (Å²) in [6.45, 7) is 4.07. The van der Waals surface area contributed by atoms with Gasteiger partial charge in [0.25, 0.3) is 0 Å². The Balaban J connectivity index is 1.29. The lowest BCUT2D eigenvalue weighted by Gasteiger charge is -2.34. The fourth-order valence-electron chi connectivity index (χ4n) is 4.23. The Morgan fingerprint density at radius 2 is 1.77 bits per heavy atom. The Kier molecular flexibility index (Phi) is 8.06. The Morgan fingerprint density at radius 3 is 2.51 bits per heavy atom. The van der Waals surface area contributed by atoms with Crippen molar-refractivity contribution in [1.29, 1.82) is 5.26 Å². The molecule has 0 spiro atoms. The van der Waals surface area contributed by atoms with E-state index in [1.807, 2.05) is 12.1 Å². The van der Waals surface area contributed by atoms with Crippen LogP contribution in [0, 0.1) is 17.1 Å². The van der Waals surface area contributed by atoms with E-state index in [0.717, 1.165) is 31.9 Å². The molecule has 5 rings (SSSR count). The number of aromatic nitrogens is 2. The Morgan fingerprint density at radius 1 is 1.00 bits per heavy atom. The van der Waals surface area contributed by atoms with Gasteiger partial charge in [-0.1, -0.05) is 35.9 Å². The third-order valence-electron chi connectivity index (χ3n) is 6.47. The molecule has 39 heavy (non-hydrogen) atoms. The van der Waals surface area contributed by atoms with Crippen LogP contribution in [0.2, 0.25) is 5.02 Å². The van der Waals surface area contributed by atoms with Crippen LogP contribution in [0.1, 0.15) is 11.1 Å². The van der Waals surface area contributed by atoms with E-state index < -0.39 is 0 Å². The Hall–Kier alpha value is -4.39. The van der Waals surface area contributed by atoms with Crippen molar-refractivity contribution in [2.45, 2.75) is 6.61 Å². The summed E-state index contributed by atoms with van der Waals surface area (Å²) < 4.78 is 19.8. The number of rotatable bonds is 8. The van der Waals surface area contributed by atoms with Crippen LogP contribution in [-0.2, 0) is 6.61 Å². The number of benzene rings is 3. The zero-order valence-electron chi connectivity index (χ0n) is 21.4. The third kappa shape index (κ3) is 6.37. The summed E-state index contributed by atoms with van der Waals surface area (Å²) in [4.78, 5) is 13.5. The van der Waals surface area contributed by atoms with Gasteiger partial charge in [-0.25, -0.2) is 9.37 Å². The van der Waals surface area contributed by atoms with Gasteiger partial charge in [0.2, 0.25) is 5.95 Å².